The summed E-state index contributed by atoms with van der Waals surface area (Å²) >= 11 is 0. The maximum absolute atomic E-state index is 12.7. The normalized spacial score (nSPS) is 17.5. The number of carbonyl (C=O) groups excluding carboxylic acids is 1. The molecule has 1 saturated heterocycles. The zero-order chi connectivity index (χ0) is 18.4. The van der Waals surface area contributed by atoms with Gasteiger partial charge in [0.1, 0.15) is 6.04 Å². The van der Waals surface area contributed by atoms with Gasteiger partial charge in [0, 0.05) is 18.5 Å². The molecule has 1 fully saturated rings. The zero-order valence-corrected chi connectivity index (χ0v) is 15.5. The number of aromatic nitrogens is 2. The number of nitrogens with two attached hydrogens (primary N) is 1. The first kappa shape index (κ1) is 18.6. The lowest BCUT2D eigenvalue weighted by atomic mass is 10.0. The van der Waals surface area contributed by atoms with Gasteiger partial charge in [-0.15, -0.1) is 0 Å². The fourth-order valence-electron chi connectivity index (χ4n) is 3.42. The Morgan fingerprint density at radius 2 is 2.04 bits per heavy atom. The third kappa shape index (κ3) is 4.49. The van der Waals surface area contributed by atoms with E-state index in [0.29, 0.717) is 24.7 Å². The van der Waals surface area contributed by atoms with Crippen LogP contribution in [0.15, 0.2) is 28.8 Å². The SMILES string of the molecule is Cc1ccc(-c2noc([C@@H]3CCCCN3C(=O)CCCCCN)n2)cc1. The zero-order valence-electron chi connectivity index (χ0n) is 15.5. The molecule has 3 rings (SSSR count). The number of benzene rings is 1. The Morgan fingerprint density at radius 3 is 2.81 bits per heavy atom. The van der Waals surface area contributed by atoms with E-state index in [2.05, 4.69) is 10.1 Å². The molecule has 6 nitrogen and oxygen atoms in total. The van der Waals surface area contributed by atoms with Crippen LogP contribution in [0.5, 0.6) is 0 Å². The Morgan fingerprint density at radius 1 is 1.23 bits per heavy atom. The van der Waals surface area contributed by atoms with Crippen LogP contribution in [0.3, 0.4) is 0 Å². The van der Waals surface area contributed by atoms with Gasteiger partial charge in [0.2, 0.25) is 17.6 Å². The largest absolute Gasteiger partial charge is 0.337 e. The molecule has 0 spiro atoms. The Kier molecular flexibility index (Phi) is 6.39. The van der Waals surface area contributed by atoms with E-state index in [0.717, 1.165) is 50.6 Å². The van der Waals surface area contributed by atoms with Gasteiger partial charge in [-0.3, -0.25) is 4.79 Å². The maximum Gasteiger partial charge on any atom is 0.249 e. The summed E-state index contributed by atoms with van der Waals surface area (Å²) in [5, 5.41) is 4.13. The molecule has 1 aliphatic rings. The summed E-state index contributed by atoms with van der Waals surface area (Å²) in [6.07, 6.45) is 6.41. The topological polar surface area (TPSA) is 85.2 Å². The average Bonchev–Trinajstić information content (AvgIpc) is 3.16. The Bertz CT molecular complexity index is 711. The number of amides is 1. The number of nitrogens with zero attached hydrogens (tertiary/aromatic N) is 3. The van der Waals surface area contributed by atoms with Crippen LogP contribution in [0.4, 0.5) is 0 Å². The molecular weight excluding hydrogens is 328 g/mol. The fraction of sp³-hybridized carbons (Fsp3) is 0.550. The van der Waals surface area contributed by atoms with Crippen molar-refractivity contribution in [3.8, 4) is 11.4 Å². The summed E-state index contributed by atoms with van der Waals surface area (Å²) in [7, 11) is 0. The minimum Gasteiger partial charge on any atom is -0.337 e. The van der Waals surface area contributed by atoms with Crippen LogP contribution in [-0.2, 0) is 4.79 Å². The molecule has 6 heteroatoms. The van der Waals surface area contributed by atoms with E-state index < -0.39 is 0 Å². The molecular formula is C20H28N4O2. The highest BCUT2D eigenvalue weighted by molar-refractivity contribution is 5.76. The highest BCUT2D eigenvalue weighted by Crippen LogP contribution is 2.32. The predicted molar refractivity (Wildman–Crippen MR) is 100 cm³/mol. The van der Waals surface area contributed by atoms with Gasteiger partial charge in [0.05, 0.1) is 0 Å². The van der Waals surface area contributed by atoms with Gasteiger partial charge in [0.15, 0.2) is 0 Å². The smallest absolute Gasteiger partial charge is 0.249 e. The van der Waals surface area contributed by atoms with Gasteiger partial charge < -0.3 is 15.2 Å². The Labute approximate surface area is 154 Å². The molecule has 1 aromatic carbocycles. The van der Waals surface area contributed by atoms with Crippen LogP contribution >= 0.6 is 0 Å². The van der Waals surface area contributed by atoms with Crippen LogP contribution in [-0.4, -0.2) is 34.0 Å². The molecule has 1 aromatic heterocycles. The fourth-order valence-corrected chi connectivity index (χ4v) is 3.42. The van der Waals surface area contributed by atoms with E-state index in [4.69, 9.17) is 10.3 Å². The van der Waals surface area contributed by atoms with Gasteiger partial charge in [-0.2, -0.15) is 4.98 Å². The van der Waals surface area contributed by atoms with Crippen LogP contribution in [0.1, 0.15) is 62.4 Å². The number of unbranched alkanes of at least 4 members (excludes halogenated alkanes) is 2. The third-order valence-electron chi connectivity index (χ3n) is 4.95. The number of likely N-dealkylation sites (tertiary alicyclic amines) is 1. The molecule has 2 aromatic rings. The molecule has 2 heterocycles. The van der Waals surface area contributed by atoms with Gasteiger partial charge in [-0.1, -0.05) is 41.4 Å². The molecule has 1 aliphatic heterocycles. The first-order valence-corrected chi connectivity index (χ1v) is 9.59. The van der Waals surface area contributed by atoms with Gasteiger partial charge >= 0.3 is 0 Å². The second-order valence-corrected chi connectivity index (χ2v) is 7.02. The molecule has 0 radical (unpaired) electrons. The van der Waals surface area contributed by atoms with Crippen LogP contribution in [0.25, 0.3) is 11.4 Å². The first-order valence-electron chi connectivity index (χ1n) is 9.59. The molecule has 0 unspecified atom stereocenters. The summed E-state index contributed by atoms with van der Waals surface area (Å²) < 4.78 is 5.54. The van der Waals surface area contributed by atoms with E-state index in [1.165, 1.54) is 5.56 Å². The van der Waals surface area contributed by atoms with Crippen molar-refractivity contribution in [2.75, 3.05) is 13.1 Å². The molecule has 1 amide bonds. The summed E-state index contributed by atoms with van der Waals surface area (Å²) in [6, 6.07) is 7.94. The molecule has 1 atom stereocenters. The summed E-state index contributed by atoms with van der Waals surface area (Å²) in [4.78, 5) is 19.2. The van der Waals surface area contributed by atoms with Crippen molar-refractivity contribution in [1.82, 2.24) is 15.0 Å². The lowest BCUT2D eigenvalue weighted by Crippen LogP contribution is -2.38. The van der Waals surface area contributed by atoms with E-state index in [1.54, 1.807) is 0 Å². The number of aryl methyl sites for hydroxylation is 1. The first-order chi connectivity index (χ1) is 12.7. The lowest BCUT2D eigenvalue weighted by Gasteiger charge is -2.33. The van der Waals surface area contributed by atoms with Crippen molar-refractivity contribution in [2.24, 2.45) is 5.73 Å². The number of rotatable bonds is 7. The van der Waals surface area contributed by atoms with Gasteiger partial charge in [0.25, 0.3) is 0 Å². The number of hydrogen-bond donors (Lipinski definition) is 1. The number of hydrogen-bond acceptors (Lipinski definition) is 5. The van der Waals surface area contributed by atoms with Crippen molar-refractivity contribution in [1.29, 1.82) is 0 Å². The minimum absolute atomic E-state index is 0.0996. The number of piperidine rings is 1. The van der Waals surface area contributed by atoms with Crippen molar-refractivity contribution >= 4 is 5.91 Å². The lowest BCUT2D eigenvalue weighted by molar-refractivity contribution is -0.135. The summed E-state index contributed by atoms with van der Waals surface area (Å²) in [5.74, 6) is 1.32. The van der Waals surface area contributed by atoms with E-state index >= 15 is 0 Å². The second kappa shape index (κ2) is 8.94. The molecule has 0 aliphatic carbocycles. The molecule has 140 valence electrons. The van der Waals surface area contributed by atoms with Crippen LogP contribution in [0.2, 0.25) is 0 Å². The van der Waals surface area contributed by atoms with Crippen LogP contribution in [0, 0.1) is 6.92 Å². The third-order valence-corrected chi connectivity index (χ3v) is 4.95. The highest BCUT2D eigenvalue weighted by Gasteiger charge is 2.31. The second-order valence-electron chi connectivity index (χ2n) is 7.02. The standard InChI is InChI=1S/C20H28N4O2/c1-15-9-11-16(12-10-15)19-22-20(26-23-19)17-7-4-6-14-24(17)18(25)8-3-2-5-13-21/h9-12,17H,2-8,13-14,21H2,1H3/t17-/m0/s1. The monoisotopic (exact) mass is 356 g/mol. The molecule has 0 bridgehead atoms. The quantitative estimate of drug-likeness (QED) is 0.766. The molecule has 2 N–H and O–H groups in total. The van der Waals surface area contributed by atoms with E-state index in [-0.39, 0.29) is 11.9 Å². The van der Waals surface area contributed by atoms with Crippen molar-refractivity contribution in [2.45, 2.75) is 57.9 Å². The maximum atomic E-state index is 12.7. The predicted octanol–water partition coefficient (Wildman–Crippen LogP) is 3.62. The Hall–Kier alpha value is -2.21. The van der Waals surface area contributed by atoms with Crippen LogP contribution < -0.4 is 5.73 Å². The average molecular weight is 356 g/mol. The van der Waals surface area contributed by atoms with Crippen molar-refractivity contribution < 1.29 is 9.32 Å². The summed E-state index contributed by atoms with van der Waals surface area (Å²) in [6.45, 7) is 3.50. The summed E-state index contributed by atoms with van der Waals surface area (Å²) in [5.41, 5.74) is 7.64. The van der Waals surface area contributed by atoms with Gasteiger partial charge in [-0.05, 0) is 45.6 Å². The minimum atomic E-state index is -0.0996. The van der Waals surface area contributed by atoms with Gasteiger partial charge in [-0.25, -0.2) is 0 Å². The van der Waals surface area contributed by atoms with Crippen molar-refractivity contribution in [3.63, 3.8) is 0 Å². The molecule has 0 saturated carbocycles. The molecule has 26 heavy (non-hydrogen) atoms. The highest BCUT2D eigenvalue weighted by atomic mass is 16.5. The number of carbonyl (C=O) groups is 1. The van der Waals surface area contributed by atoms with Crippen molar-refractivity contribution in [3.05, 3.63) is 35.7 Å². The van der Waals surface area contributed by atoms with E-state index in [9.17, 15) is 4.79 Å². The van der Waals surface area contributed by atoms with E-state index in [1.807, 2.05) is 36.1 Å². The Balaban J connectivity index is 1.69.